The fraction of sp³-hybridized carbons (Fsp3) is 0.222. The predicted octanol–water partition coefficient (Wildman–Crippen LogP) is 2.46. The molecule has 1 heterocycles. The van der Waals surface area contributed by atoms with Gasteiger partial charge in [-0.25, -0.2) is 4.39 Å². The van der Waals surface area contributed by atoms with Crippen LogP contribution < -0.4 is 0 Å². The number of halogens is 2. The van der Waals surface area contributed by atoms with Crippen molar-refractivity contribution in [2.45, 2.75) is 13.8 Å². The molecule has 0 fully saturated rings. The summed E-state index contributed by atoms with van der Waals surface area (Å²) in [6.07, 6.45) is 0. The Morgan fingerprint density at radius 1 is 1.31 bits per heavy atom. The molecule has 0 spiro atoms. The van der Waals surface area contributed by atoms with E-state index in [2.05, 4.69) is 10.2 Å². The summed E-state index contributed by atoms with van der Waals surface area (Å²) in [7, 11) is 0. The highest BCUT2D eigenvalue weighted by Crippen LogP contribution is 2.24. The van der Waals surface area contributed by atoms with Gasteiger partial charge in [-0.3, -0.25) is 5.10 Å². The zero-order valence-electron chi connectivity index (χ0n) is 7.28. The first-order chi connectivity index (χ1) is 6.11. The van der Waals surface area contributed by atoms with Crippen LogP contribution in [0.1, 0.15) is 11.1 Å². The average Bonchev–Trinajstić information content (AvgIpc) is 2.44. The van der Waals surface area contributed by atoms with Crippen LogP contribution in [0.25, 0.3) is 10.9 Å². The molecule has 1 N–H and O–H groups in total. The van der Waals surface area contributed by atoms with Crippen LogP contribution in [-0.2, 0) is 0 Å². The molecule has 68 valence electrons. The van der Waals surface area contributed by atoms with Crippen LogP contribution >= 0.6 is 0 Å². The Morgan fingerprint density at radius 2 is 2.00 bits per heavy atom. The molecule has 0 saturated carbocycles. The molecule has 13 heavy (non-hydrogen) atoms. The molecule has 0 bridgehead atoms. The lowest BCUT2D eigenvalue weighted by Crippen LogP contribution is -1.87. The molecule has 0 atom stereocenters. The van der Waals surface area contributed by atoms with Gasteiger partial charge in [0, 0.05) is 0 Å². The van der Waals surface area contributed by atoms with Crippen molar-refractivity contribution >= 4 is 10.9 Å². The van der Waals surface area contributed by atoms with E-state index in [9.17, 15) is 8.78 Å². The molecule has 0 aliphatic carbocycles. The summed E-state index contributed by atoms with van der Waals surface area (Å²) in [5.41, 5.74) is 1.52. The number of H-pyrrole nitrogens is 1. The van der Waals surface area contributed by atoms with Crippen LogP contribution in [0.5, 0.6) is 0 Å². The van der Waals surface area contributed by atoms with Crippen LogP contribution in [0, 0.1) is 25.6 Å². The highest BCUT2D eigenvalue weighted by atomic mass is 19.1. The van der Waals surface area contributed by atoms with E-state index in [-0.39, 0.29) is 10.9 Å². The maximum absolute atomic E-state index is 13.2. The molecule has 0 unspecified atom stereocenters. The Morgan fingerprint density at radius 3 is 2.69 bits per heavy atom. The number of hydrogen-bond donors (Lipinski definition) is 1. The van der Waals surface area contributed by atoms with Gasteiger partial charge in [0.1, 0.15) is 5.52 Å². The monoisotopic (exact) mass is 182 g/mol. The van der Waals surface area contributed by atoms with E-state index in [1.165, 1.54) is 6.07 Å². The van der Waals surface area contributed by atoms with Crippen molar-refractivity contribution in [1.29, 1.82) is 0 Å². The van der Waals surface area contributed by atoms with Crippen LogP contribution in [0.3, 0.4) is 0 Å². The first kappa shape index (κ1) is 8.16. The third-order valence-electron chi connectivity index (χ3n) is 2.26. The van der Waals surface area contributed by atoms with E-state index in [0.717, 1.165) is 11.1 Å². The molecule has 2 aromatic rings. The number of aromatic amines is 1. The number of aryl methyl sites for hydroxylation is 2. The second-order valence-electron chi connectivity index (χ2n) is 3.06. The van der Waals surface area contributed by atoms with Gasteiger partial charge in [0.15, 0.2) is 5.82 Å². The second kappa shape index (κ2) is 2.52. The second-order valence-corrected chi connectivity index (χ2v) is 3.06. The maximum Gasteiger partial charge on any atom is 0.217 e. The molecule has 4 heteroatoms. The van der Waals surface area contributed by atoms with Crippen molar-refractivity contribution in [3.05, 3.63) is 29.0 Å². The van der Waals surface area contributed by atoms with Crippen LogP contribution in [0.2, 0.25) is 0 Å². The minimum absolute atomic E-state index is 0.0700. The summed E-state index contributed by atoms with van der Waals surface area (Å²) in [6, 6.07) is 1.36. The highest BCUT2D eigenvalue weighted by molar-refractivity contribution is 5.83. The molecular formula is C9H8F2N2. The number of nitrogens with zero attached hydrogens (tertiary/aromatic N) is 1. The van der Waals surface area contributed by atoms with Crippen molar-refractivity contribution in [3.8, 4) is 0 Å². The SMILES string of the molecule is Cc1cc(F)c2n[nH]c(F)c2c1C. The van der Waals surface area contributed by atoms with Crippen molar-refractivity contribution in [2.75, 3.05) is 0 Å². The lowest BCUT2D eigenvalue weighted by Gasteiger charge is -2.00. The predicted molar refractivity (Wildman–Crippen MR) is 45.5 cm³/mol. The van der Waals surface area contributed by atoms with Gasteiger partial charge in [-0.2, -0.15) is 9.49 Å². The van der Waals surface area contributed by atoms with Gasteiger partial charge in [-0.1, -0.05) is 0 Å². The topological polar surface area (TPSA) is 28.7 Å². The van der Waals surface area contributed by atoms with Crippen LogP contribution in [0.4, 0.5) is 8.78 Å². The Kier molecular flexibility index (Phi) is 1.58. The number of fused-ring (bicyclic) bond motifs is 1. The molecule has 2 nitrogen and oxygen atoms in total. The van der Waals surface area contributed by atoms with Gasteiger partial charge in [0.05, 0.1) is 5.39 Å². The third-order valence-corrected chi connectivity index (χ3v) is 2.26. The number of benzene rings is 1. The number of rotatable bonds is 0. The molecule has 1 aromatic heterocycles. The van der Waals surface area contributed by atoms with Crippen molar-refractivity contribution in [2.24, 2.45) is 0 Å². The molecule has 0 radical (unpaired) electrons. The minimum atomic E-state index is -0.574. The Balaban J connectivity index is 3.00. The van der Waals surface area contributed by atoms with Gasteiger partial charge in [0.2, 0.25) is 5.95 Å². The molecule has 0 aliphatic rings. The normalized spacial score (nSPS) is 11.1. The Bertz CT molecular complexity index is 474. The van der Waals surface area contributed by atoms with Gasteiger partial charge in [-0.15, -0.1) is 0 Å². The Labute approximate surface area is 73.6 Å². The summed E-state index contributed by atoms with van der Waals surface area (Å²) in [4.78, 5) is 0. The molecule has 1 aromatic carbocycles. The van der Waals surface area contributed by atoms with E-state index in [1.54, 1.807) is 13.8 Å². The first-order valence-corrected chi connectivity index (χ1v) is 3.90. The van der Waals surface area contributed by atoms with Crippen LogP contribution in [-0.4, -0.2) is 10.2 Å². The summed E-state index contributed by atoms with van der Waals surface area (Å²) in [5.74, 6) is -1.06. The summed E-state index contributed by atoms with van der Waals surface area (Å²) < 4.78 is 26.3. The van der Waals surface area contributed by atoms with Gasteiger partial charge < -0.3 is 0 Å². The van der Waals surface area contributed by atoms with Crippen molar-refractivity contribution in [1.82, 2.24) is 10.2 Å². The minimum Gasteiger partial charge on any atom is -0.252 e. The standard InChI is InChI=1S/C9H8F2N2/c1-4-3-6(10)8-7(5(4)2)9(11)13-12-8/h3H,1-2H3,(H,12,13). The Hall–Kier alpha value is -1.45. The zero-order chi connectivity index (χ0) is 9.59. The third kappa shape index (κ3) is 1.02. The fourth-order valence-corrected chi connectivity index (χ4v) is 1.40. The van der Waals surface area contributed by atoms with E-state index >= 15 is 0 Å². The quantitative estimate of drug-likeness (QED) is 0.666. The molecule has 0 aliphatic heterocycles. The summed E-state index contributed by atoms with van der Waals surface area (Å²) in [6.45, 7) is 3.49. The van der Waals surface area contributed by atoms with Gasteiger partial charge in [-0.05, 0) is 31.0 Å². The molecule has 0 saturated heterocycles. The molecule has 0 amide bonds. The summed E-state index contributed by atoms with van der Waals surface area (Å²) in [5, 5.41) is 5.92. The average molecular weight is 182 g/mol. The lowest BCUT2D eigenvalue weighted by molar-refractivity contribution is 0.587. The van der Waals surface area contributed by atoms with E-state index in [0.29, 0.717) is 0 Å². The van der Waals surface area contributed by atoms with Gasteiger partial charge in [0.25, 0.3) is 0 Å². The fourth-order valence-electron chi connectivity index (χ4n) is 1.40. The first-order valence-electron chi connectivity index (χ1n) is 3.90. The largest absolute Gasteiger partial charge is 0.252 e. The molecule has 2 rings (SSSR count). The number of nitrogens with one attached hydrogen (secondary N) is 1. The summed E-state index contributed by atoms with van der Waals surface area (Å²) >= 11 is 0. The smallest absolute Gasteiger partial charge is 0.217 e. The van der Waals surface area contributed by atoms with Crippen molar-refractivity contribution in [3.63, 3.8) is 0 Å². The van der Waals surface area contributed by atoms with Crippen molar-refractivity contribution < 1.29 is 8.78 Å². The lowest BCUT2D eigenvalue weighted by atomic mass is 10.1. The zero-order valence-corrected chi connectivity index (χ0v) is 7.28. The van der Waals surface area contributed by atoms with E-state index in [4.69, 9.17) is 0 Å². The number of hydrogen-bond acceptors (Lipinski definition) is 1. The van der Waals surface area contributed by atoms with Crippen LogP contribution in [0.15, 0.2) is 6.07 Å². The van der Waals surface area contributed by atoms with E-state index < -0.39 is 11.8 Å². The number of aromatic nitrogens is 2. The van der Waals surface area contributed by atoms with Gasteiger partial charge >= 0.3 is 0 Å². The van der Waals surface area contributed by atoms with E-state index in [1.807, 2.05) is 0 Å². The highest BCUT2D eigenvalue weighted by Gasteiger charge is 2.13. The molecular weight excluding hydrogens is 174 g/mol. The maximum atomic E-state index is 13.2.